The van der Waals surface area contributed by atoms with Crippen LogP contribution in [0, 0.1) is 13.8 Å². The number of para-hydroxylation sites is 3. The molecule has 1 heterocycles. The Bertz CT molecular complexity index is 1530. The molecule has 37 heavy (non-hydrogen) atoms. The van der Waals surface area contributed by atoms with Gasteiger partial charge in [-0.25, -0.2) is 4.68 Å². The van der Waals surface area contributed by atoms with E-state index in [0.29, 0.717) is 16.8 Å². The molecule has 0 saturated carbocycles. The molecule has 4 aromatic carbocycles. The summed E-state index contributed by atoms with van der Waals surface area (Å²) in [5.74, 6) is -0.586. The van der Waals surface area contributed by atoms with Crippen LogP contribution in [-0.4, -0.2) is 26.8 Å². The monoisotopic (exact) mass is 489 g/mol. The second kappa shape index (κ2) is 10.5. The Kier molecular flexibility index (Phi) is 6.76. The van der Waals surface area contributed by atoms with Crippen molar-refractivity contribution in [3.63, 3.8) is 0 Å². The molecule has 1 unspecified atom stereocenters. The van der Waals surface area contributed by atoms with Crippen molar-refractivity contribution in [2.75, 3.05) is 10.2 Å². The van der Waals surface area contributed by atoms with E-state index in [0.717, 1.165) is 22.3 Å². The number of benzene rings is 4. The lowest BCUT2D eigenvalue weighted by atomic mass is 10.0. The summed E-state index contributed by atoms with van der Waals surface area (Å²) < 4.78 is 1.57. The molecular formula is C30H27N5O2. The fourth-order valence-electron chi connectivity index (χ4n) is 4.52. The third-order valence-corrected chi connectivity index (χ3v) is 6.36. The summed E-state index contributed by atoms with van der Waals surface area (Å²) in [5.41, 5.74) is 5.42. The van der Waals surface area contributed by atoms with Crippen LogP contribution >= 0.6 is 0 Å². The first-order chi connectivity index (χ1) is 18.0. The smallest absolute Gasteiger partial charge is 0.252 e. The number of nitrogens with zero attached hydrogens (tertiary/aromatic N) is 4. The molecule has 0 aliphatic heterocycles. The van der Waals surface area contributed by atoms with Crippen LogP contribution in [0.2, 0.25) is 0 Å². The molecule has 0 saturated heterocycles. The molecule has 1 atom stereocenters. The van der Waals surface area contributed by atoms with E-state index in [1.54, 1.807) is 9.58 Å². The summed E-state index contributed by atoms with van der Waals surface area (Å²) >= 11 is 0. The number of aromatic nitrogens is 3. The van der Waals surface area contributed by atoms with Crippen molar-refractivity contribution in [1.29, 1.82) is 0 Å². The van der Waals surface area contributed by atoms with Gasteiger partial charge in [-0.2, -0.15) is 0 Å². The van der Waals surface area contributed by atoms with E-state index in [2.05, 4.69) is 15.6 Å². The topological polar surface area (TPSA) is 80.1 Å². The van der Waals surface area contributed by atoms with Gasteiger partial charge in [-0.05, 0) is 54.8 Å². The highest BCUT2D eigenvalue weighted by atomic mass is 16.2. The van der Waals surface area contributed by atoms with Crippen LogP contribution in [0.3, 0.4) is 0 Å². The van der Waals surface area contributed by atoms with Crippen LogP contribution in [0.15, 0.2) is 103 Å². The minimum Gasteiger partial charge on any atom is -0.323 e. The lowest BCUT2D eigenvalue weighted by Crippen LogP contribution is -2.43. The molecule has 0 fully saturated rings. The molecular weight excluding hydrogens is 462 g/mol. The Labute approximate surface area is 215 Å². The first-order valence-electron chi connectivity index (χ1n) is 12.1. The van der Waals surface area contributed by atoms with E-state index in [1.165, 1.54) is 0 Å². The zero-order valence-electron chi connectivity index (χ0n) is 20.7. The maximum absolute atomic E-state index is 14.0. The number of amides is 2. The van der Waals surface area contributed by atoms with Crippen molar-refractivity contribution in [3.05, 3.63) is 120 Å². The maximum Gasteiger partial charge on any atom is 0.252 e. The Morgan fingerprint density at radius 2 is 1.43 bits per heavy atom. The second-order valence-corrected chi connectivity index (χ2v) is 8.90. The van der Waals surface area contributed by atoms with Crippen molar-refractivity contribution in [2.45, 2.75) is 26.4 Å². The zero-order valence-corrected chi connectivity index (χ0v) is 20.7. The minimum atomic E-state index is -0.912. The Morgan fingerprint density at radius 3 is 2.14 bits per heavy atom. The number of fused-ring (bicyclic) bond motifs is 1. The predicted octanol–water partition coefficient (Wildman–Crippen LogP) is 5.46. The minimum absolute atomic E-state index is 0.0740. The summed E-state index contributed by atoms with van der Waals surface area (Å²) in [6, 6.07) is 31.0. The Morgan fingerprint density at radius 1 is 0.811 bits per heavy atom. The number of aryl methyl sites for hydroxylation is 2. The van der Waals surface area contributed by atoms with E-state index < -0.39 is 6.04 Å². The number of nitrogens with one attached hydrogen (secondary N) is 1. The van der Waals surface area contributed by atoms with E-state index in [1.807, 2.05) is 117 Å². The molecule has 0 radical (unpaired) electrons. The normalized spacial score (nSPS) is 11.7. The molecule has 5 rings (SSSR count). The summed E-state index contributed by atoms with van der Waals surface area (Å²) in [5, 5.41) is 11.5. The molecule has 0 aliphatic carbocycles. The van der Waals surface area contributed by atoms with Gasteiger partial charge in [-0.3, -0.25) is 14.5 Å². The molecule has 2 amide bonds. The van der Waals surface area contributed by atoms with Crippen LogP contribution in [0.5, 0.6) is 0 Å². The quantitative estimate of drug-likeness (QED) is 0.329. The van der Waals surface area contributed by atoms with Crippen molar-refractivity contribution in [2.24, 2.45) is 0 Å². The van der Waals surface area contributed by atoms with Gasteiger partial charge in [0.1, 0.15) is 18.1 Å². The van der Waals surface area contributed by atoms with Gasteiger partial charge in [0.15, 0.2) is 0 Å². The SMILES string of the molecule is Cc1cccc(C)c1NC(=O)C(c1ccccc1)N(C(=O)Cn1nnc2ccccc21)c1ccccc1. The van der Waals surface area contributed by atoms with E-state index in [9.17, 15) is 9.59 Å². The van der Waals surface area contributed by atoms with Crippen molar-refractivity contribution < 1.29 is 9.59 Å². The Hall–Kier alpha value is -4.78. The highest BCUT2D eigenvalue weighted by Crippen LogP contribution is 2.30. The van der Waals surface area contributed by atoms with Gasteiger partial charge in [0.25, 0.3) is 5.91 Å². The van der Waals surface area contributed by atoms with Gasteiger partial charge < -0.3 is 5.32 Å². The van der Waals surface area contributed by atoms with Gasteiger partial charge >= 0.3 is 0 Å². The van der Waals surface area contributed by atoms with Crippen molar-refractivity contribution in [3.8, 4) is 0 Å². The number of carbonyl (C=O) groups is 2. The molecule has 184 valence electrons. The van der Waals surface area contributed by atoms with Gasteiger partial charge in [-0.15, -0.1) is 5.10 Å². The number of hydrogen-bond donors (Lipinski definition) is 1. The van der Waals surface area contributed by atoms with Crippen LogP contribution in [0.4, 0.5) is 11.4 Å². The van der Waals surface area contributed by atoms with Crippen LogP contribution in [-0.2, 0) is 16.1 Å². The van der Waals surface area contributed by atoms with E-state index in [4.69, 9.17) is 0 Å². The highest BCUT2D eigenvalue weighted by molar-refractivity contribution is 6.06. The lowest BCUT2D eigenvalue weighted by molar-refractivity contribution is -0.124. The molecule has 7 nitrogen and oxygen atoms in total. The number of anilines is 2. The average molecular weight is 490 g/mol. The molecule has 0 aliphatic rings. The van der Waals surface area contributed by atoms with Gasteiger partial charge in [0.05, 0.1) is 5.52 Å². The Balaban J connectivity index is 1.58. The molecule has 5 aromatic rings. The lowest BCUT2D eigenvalue weighted by Gasteiger charge is -2.32. The first-order valence-corrected chi connectivity index (χ1v) is 12.1. The molecule has 1 aromatic heterocycles. The van der Waals surface area contributed by atoms with Crippen molar-refractivity contribution >= 4 is 34.2 Å². The second-order valence-electron chi connectivity index (χ2n) is 8.90. The standard InChI is InChI=1S/C30H27N5O2/c1-21-12-11-13-22(2)28(21)31-30(37)29(23-14-5-3-6-15-23)35(24-16-7-4-8-17-24)27(36)20-34-26-19-10-9-18-25(26)32-33-34/h3-19,29H,20H2,1-2H3,(H,31,37). The number of hydrogen-bond acceptors (Lipinski definition) is 4. The van der Waals surface area contributed by atoms with E-state index >= 15 is 0 Å². The third-order valence-electron chi connectivity index (χ3n) is 6.36. The van der Waals surface area contributed by atoms with Gasteiger partial charge in [0, 0.05) is 11.4 Å². The summed E-state index contributed by atoms with van der Waals surface area (Å²) in [4.78, 5) is 29.6. The van der Waals surface area contributed by atoms with Crippen LogP contribution < -0.4 is 10.2 Å². The average Bonchev–Trinajstić information content (AvgIpc) is 3.33. The molecule has 0 spiro atoms. The predicted molar refractivity (Wildman–Crippen MR) is 145 cm³/mol. The number of carbonyl (C=O) groups excluding carboxylic acids is 2. The molecule has 0 bridgehead atoms. The van der Waals surface area contributed by atoms with E-state index in [-0.39, 0.29) is 18.4 Å². The van der Waals surface area contributed by atoms with Crippen LogP contribution in [0.1, 0.15) is 22.7 Å². The fourth-order valence-corrected chi connectivity index (χ4v) is 4.52. The maximum atomic E-state index is 14.0. The summed E-state index contributed by atoms with van der Waals surface area (Å²) in [7, 11) is 0. The summed E-state index contributed by atoms with van der Waals surface area (Å²) in [6.45, 7) is 3.83. The third kappa shape index (κ3) is 4.97. The highest BCUT2D eigenvalue weighted by Gasteiger charge is 2.33. The largest absolute Gasteiger partial charge is 0.323 e. The zero-order chi connectivity index (χ0) is 25.8. The van der Waals surface area contributed by atoms with Crippen LogP contribution in [0.25, 0.3) is 11.0 Å². The molecule has 1 N–H and O–H groups in total. The van der Waals surface area contributed by atoms with Gasteiger partial charge in [0.2, 0.25) is 5.91 Å². The number of rotatable bonds is 7. The van der Waals surface area contributed by atoms with Gasteiger partial charge in [-0.1, -0.05) is 84.1 Å². The first kappa shape index (κ1) is 23.9. The van der Waals surface area contributed by atoms with Crippen molar-refractivity contribution in [1.82, 2.24) is 15.0 Å². The molecule has 7 heteroatoms. The fraction of sp³-hybridized carbons (Fsp3) is 0.133. The summed E-state index contributed by atoms with van der Waals surface area (Å²) in [6.07, 6.45) is 0.